The fraction of sp³-hybridized carbons (Fsp3) is 1.00. The molecule has 1 aliphatic heterocycles. The van der Waals surface area contributed by atoms with Gasteiger partial charge in [0.25, 0.3) is 0 Å². The molecular weight excluding hydrogens is 365 g/mol. The molecule has 27 heavy (non-hydrogen) atoms. The minimum atomic E-state index is -2.08. The second kappa shape index (κ2) is 6.69. The molecule has 0 aromatic heterocycles. The Bertz CT molecular complexity index is 683. The van der Waals surface area contributed by atoms with Crippen molar-refractivity contribution in [3.05, 3.63) is 0 Å². The smallest absolute Gasteiger partial charge is 0.404 e. The summed E-state index contributed by atoms with van der Waals surface area (Å²) in [5, 5.41) is 0. The Balaban J connectivity index is 2.11. The molecule has 4 aliphatic rings. The Hall–Kier alpha value is 0.379. The first-order valence-corrected chi connectivity index (χ1v) is 17.7. The van der Waals surface area contributed by atoms with Crippen LogP contribution in [0.2, 0.25) is 39.3 Å². The van der Waals surface area contributed by atoms with Crippen LogP contribution < -0.4 is 0 Å². The number of hydrogen-bond donors (Lipinski definition) is 0. The van der Waals surface area contributed by atoms with Crippen LogP contribution >= 0.6 is 0 Å². The molecule has 0 aromatic rings. The van der Waals surface area contributed by atoms with E-state index in [1.807, 2.05) is 13.8 Å². The molecule has 0 aromatic carbocycles. The van der Waals surface area contributed by atoms with Crippen LogP contribution in [0, 0.1) is 23.2 Å². The SMILES string of the molecule is [2H]C([2H])(C(C)C)C([2H])(B1O[C@@H]2C[C@@H]3C[C@@H](C3(C)C)[C@]2(C)O1)N([Si](C)(C)C)[Si](C)(C)C. The highest BCUT2D eigenvalue weighted by molar-refractivity contribution is 6.90. The van der Waals surface area contributed by atoms with E-state index in [4.69, 9.17) is 9.31 Å². The van der Waals surface area contributed by atoms with Crippen molar-refractivity contribution in [1.82, 2.24) is 4.23 Å². The Morgan fingerprint density at radius 3 is 2.11 bits per heavy atom. The molecule has 4 rings (SSSR count). The van der Waals surface area contributed by atoms with Crippen LogP contribution in [0.1, 0.15) is 57.9 Å². The van der Waals surface area contributed by atoms with E-state index in [1.165, 1.54) is 0 Å². The van der Waals surface area contributed by atoms with E-state index in [2.05, 4.69) is 64.3 Å². The predicted molar refractivity (Wildman–Crippen MR) is 122 cm³/mol. The molecule has 2 bridgehead atoms. The molecule has 156 valence electrons. The van der Waals surface area contributed by atoms with Crippen molar-refractivity contribution in [2.24, 2.45) is 23.2 Å². The summed E-state index contributed by atoms with van der Waals surface area (Å²) in [4.78, 5) is 0. The Morgan fingerprint density at radius 2 is 1.67 bits per heavy atom. The van der Waals surface area contributed by atoms with Crippen LogP contribution in [0.3, 0.4) is 0 Å². The van der Waals surface area contributed by atoms with Gasteiger partial charge in [0.2, 0.25) is 0 Å². The fourth-order valence-corrected chi connectivity index (χ4v) is 16.1. The van der Waals surface area contributed by atoms with Gasteiger partial charge in [-0.3, -0.25) is 0 Å². The van der Waals surface area contributed by atoms with Gasteiger partial charge >= 0.3 is 7.12 Å². The summed E-state index contributed by atoms with van der Waals surface area (Å²) < 4.78 is 43.9. The van der Waals surface area contributed by atoms with Crippen molar-refractivity contribution in [1.29, 1.82) is 0 Å². The van der Waals surface area contributed by atoms with E-state index in [0.717, 1.165) is 12.8 Å². The molecule has 3 nitrogen and oxygen atoms in total. The highest BCUT2D eigenvalue weighted by Crippen LogP contribution is 2.66. The highest BCUT2D eigenvalue weighted by Gasteiger charge is 2.69. The van der Waals surface area contributed by atoms with Gasteiger partial charge in [0.15, 0.2) is 0 Å². The zero-order valence-corrected chi connectivity index (χ0v) is 21.6. The van der Waals surface area contributed by atoms with Crippen LogP contribution in [0.15, 0.2) is 0 Å². The first-order valence-electron chi connectivity index (χ1n) is 12.4. The van der Waals surface area contributed by atoms with Crippen LogP contribution in [0.5, 0.6) is 0 Å². The summed E-state index contributed by atoms with van der Waals surface area (Å²) in [6, 6.07) is 0. The predicted octanol–water partition coefficient (Wildman–Crippen LogP) is 5.64. The third kappa shape index (κ3) is 3.67. The van der Waals surface area contributed by atoms with Gasteiger partial charge in [0, 0.05) is 10.0 Å². The maximum Gasteiger partial charge on any atom is 0.474 e. The van der Waals surface area contributed by atoms with E-state index >= 15 is 0 Å². The van der Waals surface area contributed by atoms with Crippen molar-refractivity contribution in [2.75, 3.05) is 0 Å². The third-order valence-corrected chi connectivity index (χ3v) is 14.4. The minimum Gasteiger partial charge on any atom is -0.404 e. The van der Waals surface area contributed by atoms with E-state index in [0.29, 0.717) is 11.8 Å². The van der Waals surface area contributed by atoms with Crippen molar-refractivity contribution < 1.29 is 13.4 Å². The van der Waals surface area contributed by atoms with Crippen molar-refractivity contribution in [3.8, 4) is 0 Å². The maximum absolute atomic E-state index is 9.91. The Labute approximate surface area is 175 Å². The van der Waals surface area contributed by atoms with Crippen LogP contribution in [0.25, 0.3) is 0 Å². The van der Waals surface area contributed by atoms with Crippen LogP contribution in [0.4, 0.5) is 0 Å². The first-order chi connectivity index (χ1) is 13.2. The Morgan fingerprint density at radius 1 is 1.11 bits per heavy atom. The second-order valence-electron chi connectivity index (χ2n) is 12.2. The summed E-state index contributed by atoms with van der Waals surface area (Å²) in [6.07, 6.45) is 0.291. The summed E-state index contributed by atoms with van der Waals surface area (Å²) in [5.41, 5.74) is -0.213. The largest absolute Gasteiger partial charge is 0.474 e. The molecule has 4 fully saturated rings. The van der Waals surface area contributed by atoms with Gasteiger partial charge in [-0.15, -0.1) is 0 Å². The molecule has 1 unspecified atom stereocenters. The molecule has 6 heteroatoms. The minimum absolute atomic E-state index is 0.0444. The monoisotopic (exact) mass is 412 g/mol. The molecule has 5 atom stereocenters. The number of nitrogens with zero attached hydrogens (tertiary/aromatic N) is 1. The third-order valence-electron chi connectivity index (χ3n) is 7.19. The summed E-state index contributed by atoms with van der Waals surface area (Å²) in [7, 11) is -5.04. The molecule has 3 saturated carbocycles. The zero-order valence-electron chi connectivity index (χ0n) is 22.6. The van der Waals surface area contributed by atoms with Gasteiger partial charge in [0.1, 0.15) is 16.5 Å². The fourth-order valence-electron chi connectivity index (χ4n) is 6.24. The first kappa shape index (κ1) is 18.2. The van der Waals surface area contributed by atoms with Gasteiger partial charge in [-0.2, -0.15) is 0 Å². The van der Waals surface area contributed by atoms with E-state index in [1.54, 1.807) is 0 Å². The van der Waals surface area contributed by atoms with Crippen molar-refractivity contribution in [3.63, 3.8) is 0 Å². The van der Waals surface area contributed by atoms with Crippen LogP contribution in [-0.4, -0.2) is 45.4 Å². The van der Waals surface area contributed by atoms with Gasteiger partial charge in [-0.25, -0.2) is 0 Å². The van der Waals surface area contributed by atoms with Crippen LogP contribution in [-0.2, 0) is 9.31 Å². The summed E-state index contributed by atoms with van der Waals surface area (Å²) in [5.74, 6) is -0.863. The molecule has 1 heterocycles. The lowest BCUT2D eigenvalue weighted by Gasteiger charge is -2.64. The molecule has 0 amide bonds. The topological polar surface area (TPSA) is 21.7 Å². The average molecular weight is 413 g/mol. The van der Waals surface area contributed by atoms with Gasteiger partial charge in [-0.05, 0) is 49.3 Å². The molecule has 0 radical (unpaired) electrons. The lowest BCUT2D eigenvalue weighted by Crippen LogP contribution is -2.68. The van der Waals surface area contributed by atoms with E-state index in [9.17, 15) is 4.11 Å². The second-order valence-corrected chi connectivity index (χ2v) is 22.2. The van der Waals surface area contributed by atoms with E-state index < -0.39 is 41.5 Å². The standard InChI is InChI=1S/C21H44BNO2Si2/c1-15(2)12-19(23(26(6,7)8)27(9,10)11)22-24-18-14-16-13-17(20(16,3)4)21(18,5)25-22/h15-19H,12-14H2,1-11H3/t16-,17-,18+,19?,21-/m0/s1/i12D2,19D. The van der Waals surface area contributed by atoms with Gasteiger partial charge in [-0.1, -0.05) is 67.0 Å². The Kier molecular flexibility index (Phi) is 4.51. The number of rotatable bonds is 6. The van der Waals surface area contributed by atoms with Crippen molar-refractivity contribution in [2.45, 2.75) is 111 Å². The molecular formula is C21H44BNO2Si2. The lowest BCUT2D eigenvalue weighted by molar-refractivity contribution is -0.199. The normalized spacial score (nSPS) is 40.1. The number of hydrogen-bond acceptors (Lipinski definition) is 3. The van der Waals surface area contributed by atoms with Gasteiger partial charge < -0.3 is 13.5 Å². The van der Waals surface area contributed by atoms with Gasteiger partial charge in [0.05, 0.1) is 11.7 Å². The van der Waals surface area contributed by atoms with Crippen molar-refractivity contribution >= 4 is 23.6 Å². The summed E-state index contributed by atoms with van der Waals surface area (Å²) in [6.45, 7) is 24.0. The lowest BCUT2D eigenvalue weighted by atomic mass is 9.43. The molecule has 0 spiro atoms. The molecule has 0 N–H and O–H groups in total. The molecule has 1 saturated heterocycles. The molecule has 3 aliphatic carbocycles. The maximum atomic E-state index is 9.91. The van der Waals surface area contributed by atoms with E-state index in [-0.39, 0.29) is 17.4 Å². The quantitative estimate of drug-likeness (QED) is 0.527. The highest BCUT2D eigenvalue weighted by atomic mass is 28.4. The zero-order chi connectivity index (χ0) is 23.3. The summed E-state index contributed by atoms with van der Waals surface area (Å²) >= 11 is 0. The average Bonchev–Trinajstić information content (AvgIpc) is 2.88.